The van der Waals surface area contributed by atoms with Crippen LogP contribution >= 0.6 is 0 Å². The monoisotopic (exact) mass is 252 g/mol. The van der Waals surface area contributed by atoms with E-state index in [9.17, 15) is 0 Å². The highest BCUT2D eigenvalue weighted by Crippen LogP contribution is 2.41. The van der Waals surface area contributed by atoms with Crippen LogP contribution in [0.1, 0.15) is 18.7 Å². The second-order valence-electron chi connectivity index (χ2n) is 4.96. The summed E-state index contributed by atoms with van der Waals surface area (Å²) in [6, 6.07) is 7.72. The van der Waals surface area contributed by atoms with Crippen molar-refractivity contribution in [3.63, 3.8) is 0 Å². The Bertz CT molecular complexity index is 761. The molecule has 0 saturated heterocycles. The van der Waals surface area contributed by atoms with E-state index in [0.717, 1.165) is 41.0 Å². The van der Waals surface area contributed by atoms with Gasteiger partial charge in [0, 0.05) is 11.8 Å². The lowest BCUT2D eigenvalue weighted by Crippen LogP contribution is -2.22. The maximum Gasteiger partial charge on any atom is 0.181 e. The summed E-state index contributed by atoms with van der Waals surface area (Å²) in [5.41, 5.74) is 9.27. The van der Waals surface area contributed by atoms with Gasteiger partial charge in [-0.2, -0.15) is 0 Å². The van der Waals surface area contributed by atoms with Crippen LogP contribution in [-0.2, 0) is 5.54 Å². The van der Waals surface area contributed by atoms with Gasteiger partial charge < -0.3 is 10.2 Å². The number of oxazole rings is 1. The summed E-state index contributed by atoms with van der Waals surface area (Å²) in [6.45, 7) is 0. The van der Waals surface area contributed by atoms with Crippen molar-refractivity contribution in [1.82, 2.24) is 15.0 Å². The third-order valence-electron chi connectivity index (χ3n) is 3.52. The Hall–Kier alpha value is -2.27. The summed E-state index contributed by atoms with van der Waals surface area (Å²) in [7, 11) is 0. The fourth-order valence-corrected chi connectivity index (χ4v) is 2.13. The van der Waals surface area contributed by atoms with Gasteiger partial charge in [-0.25, -0.2) is 15.0 Å². The van der Waals surface area contributed by atoms with Crippen molar-refractivity contribution in [2.24, 2.45) is 5.73 Å². The lowest BCUT2D eigenvalue weighted by Gasteiger charge is -2.08. The van der Waals surface area contributed by atoms with E-state index in [2.05, 4.69) is 15.0 Å². The maximum atomic E-state index is 6.14. The lowest BCUT2D eigenvalue weighted by atomic mass is 10.1. The van der Waals surface area contributed by atoms with Gasteiger partial charge in [0.25, 0.3) is 0 Å². The summed E-state index contributed by atoms with van der Waals surface area (Å²) in [4.78, 5) is 12.9. The number of hydrogen-bond donors (Lipinski definition) is 1. The van der Waals surface area contributed by atoms with Crippen LogP contribution in [0.4, 0.5) is 0 Å². The first kappa shape index (κ1) is 10.6. The van der Waals surface area contributed by atoms with E-state index < -0.39 is 0 Å². The molecule has 94 valence electrons. The number of benzene rings is 1. The van der Waals surface area contributed by atoms with E-state index in [-0.39, 0.29) is 5.54 Å². The summed E-state index contributed by atoms with van der Waals surface area (Å²) in [6.07, 6.45) is 5.11. The Kier molecular flexibility index (Phi) is 2.02. The first-order valence-electron chi connectivity index (χ1n) is 6.21. The van der Waals surface area contributed by atoms with E-state index in [0.29, 0.717) is 0 Å². The molecule has 4 rings (SSSR count). The minimum atomic E-state index is -0.313. The molecule has 1 aromatic carbocycles. The molecule has 0 bridgehead atoms. The van der Waals surface area contributed by atoms with Crippen molar-refractivity contribution in [2.45, 2.75) is 18.4 Å². The number of rotatable bonds is 2. The molecule has 0 atom stereocenters. The molecule has 2 heterocycles. The fourth-order valence-electron chi connectivity index (χ4n) is 2.13. The Morgan fingerprint density at radius 2 is 2.05 bits per heavy atom. The molecule has 5 nitrogen and oxygen atoms in total. The molecule has 1 aliphatic rings. The van der Waals surface area contributed by atoms with Crippen LogP contribution < -0.4 is 5.73 Å². The van der Waals surface area contributed by atoms with E-state index in [4.69, 9.17) is 10.2 Å². The van der Waals surface area contributed by atoms with Crippen molar-refractivity contribution < 1.29 is 4.42 Å². The standard InChI is InChI=1S/C14H12N4O/c15-14(4-5-14)13-16-6-3-10(18-13)9-1-2-11-12(7-9)19-8-17-11/h1-3,6-8H,4-5,15H2. The first-order chi connectivity index (χ1) is 9.24. The summed E-state index contributed by atoms with van der Waals surface area (Å²) >= 11 is 0. The van der Waals surface area contributed by atoms with Gasteiger partial charge in [0.05, 0.1) is 11.2 Å². The zero-order valence-corrected chi connectivity index (χ0v) is 10.2. The van der Waals surface area contributed by atoms with E-state index in [1.54, 1.807) is 6.20 Å². The van der Waals surface area contributed by atoms with Crippen LogP contribution in [0.2, 0.25) is 0 Å². The van der Waals surface area contributed by atoms with Crippen molar-refractivity contribution in [3.8, 4) is 11.3 Å². The number of hydrogen-bond acceptors (Lipinski definition) is 5. The molecule has 3 aromatic rings. The molecule has 2 N–H and O–H groups in total. The van der Waals surface area contributed by atoms with Gasteiger partial charge in [-0.1, -0.05) is 6.07 Å². The molecule has 1 saturated carbocycles. The Balaban J connectivity index is 1.82. The average Bonchev–Trinajstić information content (AvgIpc) is 3.04. The topological polar surface area (TPSA) is 77.8 Å². The highest BCUT2D eigenvalue weighted by Gasteiger charge is 2.43. The highest BCUT2D eigenvalue weighted by molar-refractivity contribution is 5.78. The summed E-state index contributed by atoms with van der Waals surface area (Å²) < 4.78 is 5.31. The smallest absolute Gasteiger partial charge is 0.181 e. The van der Waals surface area contributed by atoms with Crippen molar-refractivity contribution in [1.29, 1.82) is 0 Å². The fraction of sp³-hybridized carbons (Fsp3) is 0.214. The number of fused-ring (bicyclic) bond motifs is 1. The van der Waals surface area contributed by atoms with Crippen molar-refractivity contribution >= 4 is 11.1 Å². The summed E-state index contributed by atoms with van der Waals surface area (Å²) in [5.74, 6) is 0.725. The van der Waals surface area contributed by atoms with Gasteiger partial charge in [-0.3, -0.25) is 0 Å². The normalized spacial score (nSPS) is 16.7. The van der Waals surface area contributed by atoms with E-state index in [1.807, 2.05) is 24.3 Å². The Morgan fingerprint density at radius 3 is 2.89 bits per heavy atom. The van der Waals surface area contributed by atoms with E-state index >= 15 is 0 Å². The molecular formula is C14H12N4O. The van der Waals surface area contributed by atoms with Gasteiger partial charge in [0.2, 0.25) is 0 Å². The van der Waals surface area contributed by atoms with Crippen LogP contribution in [0.25, 0.3) is 22.4 Å². The third kappa shape index (κ3) is 1.70. The van der Waals surface area contributed by atoms with Crippen LogP contribution in [0.5, 0.6) is 0 Å². The van der Waals surface area contributed by atoms with Crippen LogP contribution in [-0.4, -0.2) is 15.0 Å². The van der Waals surface area contributed by atoms with E-state index in [1.165, 1.54) is 6.39 Å². The zero-order chi connectivity index (χ0) is 12.9. The molecular weight excluding hydrogens is 240 g/mol. The molecule has 1 aliphatic carbocycles. The molecule has 2 aromatic heterocycles. The highest BCUT2D eigenvalue weighted by atomic mass is 16.3. The van der Waals surface area contributed by atoms with Crippen molar-refractivity contribution in [3.05, 3.63) is 42.7 Å². The van der Waals surface area contributed by atoms with Gasteiger partial charge in [0.1, 0.15) is 11.3 Å². The van der Waals surface area contributed by atoms with Gasteiger partial charge in [-0.05, 0) is 31.0 Å². The van der Waals surface area contributed by atoms with Gasteiger partial charge in [-0.15, -0.1) is 0 Å². The predicted molar refractivity (Wildman–Crippen MR) is 70.1 cm³/mol. The lowest BCUT2D eigenvalue weighted by molar-refractivity contribution is 0.602. The Morgan fingerprint density at radius 1 is 1.16 bits per heavy atom. The molecule has 0 amide bonds. The largest absolute Gasteiger partial charge is 0.443 e. The number of nitrogens with two attached hydrogens (primary N) is 1. The van der Waals surface area contributed by atoms with Crippen LogP contribution in [0.3, 0.4) is 0 Å². The molecule has 1 fully saturated rings. The second kappa shape index (κ2) is 3.61. The Labute approximate surface area is 109 Å². The maximum absolute atomic E-state index is 6.14. The molecule has 5 heteroatoms. The molecule has 0 aliphatic heterocycles. The molecule has 0 spiro atoms. The first-order valence-corrected chi connectivity index (χ1v) is 6.21. The third-order valence-corrected chi connectivity index (χ3v) is 3.52. The second-order valence-corrected chi connectivity index (χ2v) is 4.96. The number of aromatic nitrogens is 3. The molecule has 0 radical (unpaired) electrons. The predicted octanol–water partition coefficient (Wildman–Crippen LogP) is 2.23. The zero-order valence-electron chi connectivity index (χ0n) is 10.2. The minimum absolute atomic E-state index is 0.313. The van der Waals surface area contributed by atoms with Crippen molar-refractivity contribution in [2.75, 3.05) is 0 Å². The summed E-state index contributed by atoms with van der Waals surface area (Å²) in [5, 5.41) is 0. The van der Waals surface area contributed by atoms with Gasteiger partial charge >= 0.3 is 0 Å². The SMILES string of the molecule is NC1(c2nccc(-c3ccc4ncoc4c3)n2)CC1. The molecule has 0 unspecified atom stereocenters. The van der Waals surface area contributed by atoms with Crippen LogP contribution in [0.15, 0.2) is 41.3 Å². The molecule has 19 heavy (non-hydrogen) atoms. The number of nitrogens with zero attached hydrogens (tertiary/aromatic N) is 3. The van der Waals surface area contributed by atoms with Gasteiger partial charge in [0.15, 0.2) is 12.0 Å². The minimum Gasteiger partial charge on any atom is -0.443 e. The quantitative estimate of drug-likeness (QED) is 0.756. The van der Waals surface area contributed by atoms with Crippen LogP contribution in [0, 0.1) is 0 Å². The average molecular weight is 252 g/mol.